The van der Waals surface area contributed by atoms with Gasteiger partial charge in [0.2, 0.25) is 5.91 Å². The third kappa shape index (κ3) is 3.24. The van der Waals surface area contributed by atoms with Crippen LogP contribution in [0.2, 0.25) is 0 Å². The average Bonchev–Trinajstić information content (AvgIpc) is 3.43. The number of halogens is 1. The summed E-state index contributed by atoms with van der Waals surface area (Å²) in [6.07, 6.45) is 1.01. The Balaban J connectivity index is 1.85. The van der Waals surface area contributed by atoms with Crippen LogP contribution in [0.3, 0.4) is 0 Å². The van der Waals surface area contributed by atoms with E-state index in [2.05, 4.69) is 4.72 Å². The van der Waals surface area contributed by atoms with E-state index in [4.69, 9.17) is 9.47 Å². The maximum absolute atomic E-state index is 13.1. The Hall–Kier alpha value is -2.61. The number of ether oxygens (including phenoxy) is 2. The number of hydrogen-bond donors (Lipinski definition) is 1. The number of rotatable bonds is 6. The number of methoxy groups -OCH3 is 2. The molecule has 1 N–H and O–H groups in total. The Labute approximate surface area is 151 Å². The van der Waals surface area contributed by atoms with E-state index in [1.807, 2.05) is 0 Å². The molecule has 0 heterocycles. The summed E-state index contributed by atoms with van der Waals surface area (Å²) in [6, 6.07) is 9.58. The highest BCUT2D eigenvalue weighted by atomic mass is 32.2. The number of hydrogen-bond acceptors (Lipinski definition) is 5. The molecule has 1 fully saturated rings. The van der Waals surface area contributed by atoms with E-state index in [0.717, 1.165) is 0 Å². The van der Waals surface area contributed by atoms with Crippen molar-refractivity contribution in [2.24, 2.45) is 0 Å². The molecule has 0 spiro atoms. The molecule has 1 aliphatic rings. The quantitative estimate of drug-likeness (QED) is 0.833. The van der Waals surface area contributed by atoms with E-state index in [9.17, 15) is 17.6 Å². The number of sulfonamides is 1. The van der Waals surface area contributed by atoms with E-state index >= 15 is 0 Å². The molecule has 0 radical (unpaired) electrons. The molecular weight excluding hydrogens is 361 g/mol. The Morgan fingerprint density at radius 1 is 1.04 bits per heavy atom. The molecule has 0 unspecified atom stereocenters. The van der Waals surface area contributed by atoms with E-state index < -0.39 is 27.2 Å². The lowest BCUT2D eigenvalue weighted by Crippen LogP contribution is -2.38. The summed E-state index contributed by atoms with van der Waals surface area (Å²) in [6.45, 7) is 0. The molecular formula is C18H18FNO5S. The van der Waals surface area contributed by atoms with Crippen LogP contribution in [0.1, 0.15) is 18.4 Å². The zero-order valence-electron chi connectivity index (χ0n) is 14.3. The van der Waals surface area contributed by atoms with Gasteiger partial charge in [-0.15, -0.1) is 0 Å². The predicted molar refractivity (Wildman–Crippen MR) is 92.2 cm³/mol. The summed E-state index contributed by atoms with van der Waals surface area (Å²) in [5.74, 6) is -0.424. The molecule has 8 heteroatoms. The van der Waals surface area contributed by atoms with Crippen LogP contribution < -0.4 is 14.2 Å². The summed E-state index contributed by atoms with van der Waals surface area (Å²) < 4.78 is 50.6. The lowest BCUT2D eigenvalue weighted by Gasteiger charge is -2.16. The second-order valence-corrected chi connectivity index (χ2v) is 7.72. The van der Waals surface area contributed by atoms with Crippen molar-refractivity contribution in [2.45, 2.75) is 23.2 Å². The highest BCUT2D eigenvalue weighted by Crippen LogP contribution is 2.48. The Morgan fingerprint density at radius 2 is 1.65 bits per heavy atom. The Morgan fingerprint density at radius 3 is 2.19 bits per heavy atom. The van der Waals surface area contributed by atoms with Crippen LogP contribution in [-0.4, -0.2) is 28.5 Å². The van der Waals surface area contributed by atoms with Crippen molar-refractivity contribution in [2.75, 3.05) is 14.2 Å². The molecule has 1 amide bonds. The van der Waals surface area contributed by atoms with Crippen LogP contribution in [0.25, 0.3) is 0 Å². The van der Waals surface area contributed by atoms with Crippen molar-refractivity contribution in [1.29, 1.82) is 0 Å². The van der Waals surface area contributed by atoms with Crippen LogP contribution in [0, 0.1) is 5.82 Å². The van der Waals surface area contributed by atoms with Crippen molar-refractivity contribution in [3.8, 4) is 11.5 Å². The zero-order chi connectivity index (χ0) is 18.9. The first-order valence-electron chi connectivity index (χ1n) is 7.88. The van der Waals surface area contributed by atoms with Gasteiger partial charge in [-0.25, -0.2) is 17.5 Å². The summed E-state index contributed by atoms with van der Waals surface area (Å²) in [5, 5.41) is 0. The number of benzene rings is 2. The zero-order valence-corrected chi connectivity index (χ0v) is 15.1. The van der Waals surface area contributed by atoms with Gasteiger partial charge in [0.05, 0.1) is 24.5 Å². The second kappa shape index (κ2) is 6.60. The molecule has 0 bridgehead atoms. The average molecular weight is 379 g/mol. The van der Waals surface area contributed by atoms with Crippen molar-refractivity contribution in [3.05, 3.63) is 53.8 Å². The number of carbonyl (C=O) groups excluding carboxylic acids is 1. The molecule has 1 aliphatic carbocycles. The maximum Gasteiger partial charge on any atom is 0.264 e. The minimum atomic E-state index is -4.09. The molecule has 3 rings (SSSR count). The molecule has 0 saturated heterocycles. The van der Waals surface area contributed by atoms with Gasteiger partial charge >= 0.3 is 0 Å². The second-order valence-electron chi connectivity index (χ2n) is 6.04. The molecule has 2 aromatic rings. The monoisotopic (exact) mass is 379 g/mol. The third-order valence-corrected chi connectivity index (χ3v) is 5.80. The first-order valence-corrected chi connectivity index (χ1v) is 9.36. The highest BCUT2D eigenvalue weighted by Gasteiger charge is 2.52. The van der Waals surface area contributed by atoms with Crippen LogP contribution in [0.4, 0.5) is 4.39 Å². The summed E-state index contributed by atoms with van der Waals surface area (Å²) in [5.41, 5.74) is -0.337. The fourth-order valence-electron chi connectivity index (χ4n) is 2.80. The Kier molecular flexibility index (Phi) is 4.62. The molecule has 1 saturated carbocycles. The van der Waals surface area contributed by atoms with Crippen molar-refractivity contribution in [1.82, 2.24) is 4.72 Å². The van der Waals surface area contributed by atoms with Crippen LogP contribution in [-0.2, 0) is 20.2 Å². The van der Waals surface area contributed by atoms with Gasteiger partial charge in [-0.1, -0.05) is 12.1 Å². The fourth-order valence-corrected chi connectivity index (χ4v) is 3.87. The number of amides is 1. The Bertz CT molecular complexity index is 937. The van der Waals surface area contributed by atoms with E-state index in [1.165, 1.54) is 56.7 Å². The van der Waals surface area contributed by atoms with Crippen molar-refractivity contribution in [3.63, 3.8) is 0 Å². The molecule has 0 aromatic heterocycles. The van der Waals surface area contributed by atoms with Gasteiger partial charge < -0.3 is 9.47 Å². The third-order valence-electron chi connectivity index (χ3n) is 4.47. The lowest BCUT2D eigenvalue weighted by molar-refractivity contribution is -0.121. The number of carbonyl (C=O) groups is 1. The van der Waals surface area contributed by atoms with Crippen molar-refractivity contribution < 1.29 is 27.1 Å². The summed E-state index contributed by atoms with van der Waals surface area (Å²) >= 11 is 0. The normalized spacial score (nSPS) is 15.2. The highest BCUT2D eigenvalue weighted by molar-refractivity contribution is 7.90. The maximum atomic E-state index is 13.1. The molecule has 138 valence electrons. The van der Waals surface area contributed by atoms with E-state index in [1.54, 1.807) is 0 Å². The molecule has 6 nitrogen and oxygen atoms in total. The topological polar surface area (TPSA) is 81.7 Å². The smallest absolute Gasteiger partial charge is 0.264 e. The summed E-state index contributed by atoms with van der Waals surface area (Å²) in [4.78, 5) is 12.5. The van der Waals surface area contributed by atoms with Gasteiger partial charge in [0.25, 0.3) is 10.0 Å². The van der Waals surface area contributed by atoms with Gasteiger partial charge in [0.1, 0.15) is 5.82 Å². The van der Waals surface area contributed by atoms with Gasteiger partial charge in [-0.3, -0.25) is 4.79 Å². The molecule has 0 aliphatic heterocycles. The van der Waals surface area contributed by atoms with E-state index in [-0.39, 0.29) is 10.6 Å². The fraction of sp³-hybridized carbons (Fsp3) is 0.278. The number of nitrogens with one attached hydrogen (secondary N) is 1. The van der Waals surface area contributed by atoms with Gasteiger partial charge in [0, 0.05) is 6.07 Å². The largest absolute Gasteiger partial charge is 0.493 e. The predicted octanol–water partition coefficient (Wildman–Crippen LogP) is 2.38. The van der Waals surface area contributed by atoms with Gasteiger partial charge in [0.15, 0.2) is 11.5 Å². The molecule has 26 heavy (non-hydrogen) atoms. The van der Waals surface area contributed by atoms with Gasteiger partial charge in [-0.05, 0) is 42.7 Å². The minimum Gasteiger partial charge on any atom is -0.493 e. The first-order chi connectivity index (χ1) is 12.3. The van der Waals surface area contributed by atoms with Gasteiger partial charge in [-0.2, -0.15) is 0 Å². The van der Waals surface area contributed by atoms with Crippen molar-refractivity contribution >= 4 is 15.9 Å². The SMILES string of the molecule is COc1ccc(S(=O)(=O)NC(=O)C2(c3ccc(F)cc3)CC2)cc1OC. The van der Waals surface area contributed by atoms with Crippen LogP contribution in [0.5, 0.6) is 11.5 Å². The first kappa shape index (κ1) is 18.2. The lowest BCUT2D eigenvalue weighted by atomic mass is 9.95. The minimum absolute atomic E-state index is 0.113. The molecule has 0 atom stereocenters. The standard InChI is InChI=1S/C18H18FNO5S/c1-24-15-8-7-14(11-16(15)25-2)26(22,23)20-17(21)18(9-10-18)12-3-5-13(19)6-4-12/h3-8,11H,9-10H2,1-2H3,(H,20,21). The van der Waals surface area contributed by atoms with Crippen LogP contribution >= 0.6 is 0 Å². The van der Waals surface area contributed by atoms with E-state index in [0.29, 0.717) is 24.2 Å². The summed E-state index contributed by atoms with van der Waals surface area (Å²) in [7, 11) is -1.26. The van der Waals surface area contributed by atoms with Crippen LogP contribution in [0.15, 0.2) is 47.4 Å². The molecule has 2 aromatic carbocycles.